The van der Waals surface area contributed by atoms with Crippen LogP contribution >= 0.6 is 0 Å². The van der Waals surface area contributed by atoms with Crippen LogP contribution in [0.3, 0.4) is 0 Å². The summed E-state index contributed by atoms with van der Waals surface area (Å²) >= 11 is 0. The van der Waals surface area contributed by atoms with Crippen molar-refractivity contribution in [3.8, 4) is 22.6 Å². The van der Waals surface area contributed by atoms with E-state index in [0.717, 1.165) is 16.7 Å². The number of rotatable bonds is 4. The van der Waals surface area contributed by atoms with Gasteiger partial charge in [0.1, 0.15) is 0 Å². The molecular weight excluding hydrogens is 228 g/mol. The molecule has 0 atom stereocenters. The fourth-order valence-corrected chi connectivity index (χ4v) is 1.95. The van der Waals surface area contributed by atoms with E-state index in [2.05, 4.69) is 4.98 Å². The molecule has 0 aliphatic carbocycles. The molecule has 1 heterocycles. The van der Waals surface area contributed by atoms with Crippen molar-refractivity contribution in [3.05, 3.63) is 42.2 Å². The molecule has 0 unspecified atom stereocenters. The molecule has 0 aliphatic heterocycles. The Bertz CT molecular complexity index is 541. The molecule has 0 aliphatic rings. The minimum absolute atomic E-state index is 0.434. The number of ether oxygens (including phenoxy) is 2. The van der Waals surface area contributed by atoms with Gasteiger partial charge in [-0.15, -0.1) is 0 Å². The third kappa shape index (κ3) is 2.15. The van der Waals surface area contributed by atoms with E-state index in [9.17, 15) is 0 Å². The van der Waals surface area contributed by atoms with Crippen LogP contribution in [-0.4, -0.2) is 19.2 Å². The number of hydrogen-bond donors (Lipinski definition) is 1. The Morgan fingerprint density at radius 2 is 1.94 bits per heavy atom. The van der Waals surface area contributed by atoms with Gasteiger partial charge in [-0.1, -0.05) is 12.1 Å². The van der Waals surface area contributed by atoms with Crippen molar-refractivity contribution in [3.63, 3.8) is 0 Å². The van der Waals surface area contributed by atoms with Crippen molar-refractivity contribution in [2.45, 2.75) is 6.54 Å². The normalized spacial score (nSPS) is 10.2. The minimum atomic E-state index is 0.434. The third-order valence-corrected chi connectivity index (χ3v) is 2.82. The molecule has 0 fully saturated rings. The van der Waals surface area contributed by atoms with Crippen LogP contribution in [0, 0.1) is 0 Å². The number of pyridine rings is 1. The van der Waals surface area contributed by atoms with Crippen LogP contribution in [0.25, 0.3) is 11.1 Å². The van der Waals surface area contributed by atoms with Gasteiger partial charge in [-0.25, -0.2) is 0 Å². The average Bonchev–Trinajstić information content (AvgIpc) is 2.46. The Kier molecular flexibility index (Phi) is 3.79. The summed E-state index contributed by atoms with van der Waals surface area (Å²) in [6.45, 7) is 0.434. The molecule has 0 radical (unpaired) electrons. The van der Waals surface area contributed by atoms with Crippen molar-refractivity contribution in [1.82, 2.24) is 4.98 Å². The molecule has 1 aromatic heterocycles. The second-order valence-electron chi connectivity index (χ2n) is 3.78. The van der Waals surface area contributed by atoms with E-state index in [0.29, 0.717) is 18.0 Å². The number of aromatic nitrogens is 1. The molecule has 4 heteroatoms. The molecular formula is C14H16N2O2. The largest absolute Gasteiger partial charge is 0.493 e. The lowest BCUT2D eigenvalue weighted by atomic mass is 10.0. The molecule has 0 saturated heterocycles. The standard InChI is InChI=1S/C14H16N2O2/c1-17-13-5-3-4-12(14(13)18-2)11-6-7-16-9-10(11)8-15/h3-7,9H,8,15H2,1-2H3. The van der Waals surface area contributed by atoms with Gasteiger partial charge in [-0.2, -0.15) is 0 Å². The number of nitrogens with two attached hydrogens (primary N) is 1. The van der Waals surface area contributed by atoms with Crippen LogP contribution in [0.1, 0.15) is 5.56 Å². The van der Waals surface area contributed by atoms with E-state index in [4.69, 9.17) is 15.2 Å². The highest BCUT2D eigenvalue weighted by Gasteiger charge is 2.13. The number of nitrogens with zero attached hydrogens (tertiary/aromatic N) is 1. The Morgan fingerprint density at radius 1 is 1.11 bits per heavy atom. The maximum absolute atomic E-state index is 5.74. The van der Waals surface area contributed by atoms with E-state index in [-0.39, 0.29) is 0 Å². The summed E-state index contributed by atoms with van der Waals surface area (Å²) in [6, 6.07) is 7.71. The van der Waals surface area contributed by atoms with Crippen molar-refractivity contribution < 1.29 is 9.47 Å². The van der Waals surface area contributed by atoms with Crippen LogP contribution < -0.4 is 15.2 Å². The molecule has 2 N–H and O–H groups in total. The zero-order chi connectivity index (χ0) is 13.0. The summed E-state index contributed by atoms with van der Waals surface area (Å²) in [5.74, 6) is 1.41. The van der Waals surface area contributed by atoms with E-state index in [1.807, 2.05) is 24.3 Å². The van der Waals surface area contributed by atoms with Gasteiger partial charge in [0.2, 0.25) is 0 Å². The van der Waals surface area contributed by atoms with Gasteiger partial charge in [0, 0.05) is 24.5 Å². The van der Waals surface area contributed by atoms with E-state index in [1.165, 1.54) is 0 Å². The summed E-state index contributed by atoms with van der Waals surface area (Å²) in [5, 5.41) is 0. The second kappa shape index (κ2) is 5.51. The third-order valence-electron chi connectivity index (χ3n) is 2.82. The van der Waals surface area contributed by atoms with Crippen molar-refractivity contribution >= 4 is 0 Å². The molecule has 18 heavy (non-hydrogen) atoms. The lowest BCUT2D eigenvalue weighted by Crippen LogP contribution is -2.01. The van der Waals surface area contributed by atoms with Crippen LogP contribution in [0.15, 0.2) is 36.7 Å². The van der Waals surface area contributed by atoms with Crippen LogP contribution in [0.4, 0.5) is 0 Å². The molecule has 2 rings (SSSR count). The first-order valence-corrected chi connectivity index (χ1v) is 5.66. The maximum atomic E-state index is 5.74. The van der Waals surface area contributed by atoms with Gasteiger partial charge in [-0.05, 0) is 23.3 Å². The topological polar surface area (TPSA) is 57.4 Å². The monoisotopic (exact) mass is 244 g/mol. The molecule has 1 aromatic carbocycles. The second-order valence-corrected chi connectivity index (χ2v) is 3.78. The van der Waals surface area contributed by atoms with E-state index in [1.54, 1.807) is 26.6 Å². The Balaban J connectivity index is 2.63. The molecule has 0 saturated carbocycles. The van der Waals surface area contributed by atoms with Crippen LogP contribution in [-0.2, 0) is 6.54 Å². The highest BCUT2D eigenvalue weighted by molar-refractivity contribution is 5.75. The van der Waals surface area contributed by atoms with Gasteiger partial charge < -0.3 is 15.2 Å². The highest BCUT2D eigenvalue weighted by Crippen LogP contribution is 2.38. The average molecular weight is 244 g/mol. The molecule has 0 bridgehead atoms. The summed E-state index contributed by atoms with van der Waals surface area (Å²) in [5.41, 5.74) is 8.69. The predicted molar refractivity (Wildman–Crippen MR) is 70.7 cm³/mol. The first-order chi connectivity index (χ1) is 8.81. The molecule has 0 amide bonds. The fraction of sp³-hybridized carbons (Fsp3) is 0.214. The van der Waals surface area contributed by atoms with Gasteiger partial charge >= 0.3 is 0 Å². The van der Waals surface area contributed by atoms with Gasteiger partial charge in [0.05, 0.1) is 14.2 Å². The minimum Gasteiger partial charge on any atom is -0.493 e. The predicted octanol–water partition coefficient (Wildman–Crippen LogP) is 2.22. The smallest absolute Gasteiger partial charge is 0.168 e. The molecule has 2 aromatic rings. The molecule has 4 nitrogen and oxygen atoms in total. The first kappa shape index (κ1) is 12.4. The van der Waals surface area contributed by atoms with Gasteiger partial charge in [-0.3, -0.25) is 4.98 Å². The molecule has 0 spiro atoms. The Morgan fingerprint density at radius 3 is 2.61 bits per heavy atom. The van der Waals surface area contributed by atoms with Gasteiger partial charge in [0.25, 0.3) is 0 Å². The first-order valence-electron chi connectivity index (χ1n) is 5.66. The number of benzene rings is 1. The van der Waals surface area contributed by atoms with Crippen LogP contribution in [0.5, 0.6) is 11.5 Å². The maximum Gasteiger partial charge on any atom is 0.168 e. The molecule has 94 valence electrons. The summed E-state index contributed by atoms with van der Waals surface area (Å²) in [6.07, 6.45) is 3.52. The van der Waals surface area contributed by atoms with Gasteiger partial charge in [0.15, 0.2) is 11.5 Å². The summed E-state index contributed by atoms with van der Waals surface area (Å²) in [7, 11) is 3.25. The SMILES string of the molecule is COc1cccc(-c2ccncc2CN)c1OC. The number of para-hydroxylation sites is 1. The fourth-order valence-electron chi connectivity index (χ4n) is 1.95. The van der Waals surface area contributed by atoms with Crippen molar-refractivity contribution in [2.24, 2.45) is 5.73 Å². The Hall–Kier alpha value is -2.07. The zero-order valence-electron chi connectivity index (χ0n) is 10.5. The lowest BCUT2D eigenvalue weighted by Gasteiger charge is -2.14. The van der Waals surface area contributed by atoms with Crippen LogP contribution in [0.2, 0.25) is 0 Å². The van der Waals surface area contributed by atoms with E-state index >= 15 is 0 Å². The summed E-state index contributed by atoms with van der Waals surface area (Å²) in [4.78, 5) is 4.09. The Labute approximate surface area is 106 Å². The van der Waals surface area contributed by atoms with Crippen molar-refractivity contribution in [2.75, 3.05) is 14.2 Å². The highest BCUT2D eigenvalue weighted by atomic mass is 16.5. The number of hydrogen-bond acceptors (Lipinski definition) is 4. The quantitative estimate of drug-likeness (QED) is 0.896. The van der Waals surface area contributed by atoms with Crippen molar-refractivity contribution in [1.29, 1.82) is 0 Å². The lowest BCUT2D eigenvalue weighted by molar-refractivity contribution is 0.356. The van der Waals surface area contributed by atoms with E-state index < -0.39 is 0 Å². The summed E-state index contributed by atoms with van der Waals surface area (Å²) < 4.78 is 10.7. The number of methoxy groups -OCH3 is 2. The zero-order valence-corrected chi connectivity index (χ0v) is 10.5.